The molecular formula is C16H30BNO7Si. The molecular weight excluding hydrogens is 357 g/mol. The number of aliphatic hydroxyl groups is 1. The van der Waals surface area contributed by atoms with Gasteiger partial charge in [0.1, 0.15) is 0 Å². The number of ether oxygens (including phenoxy) is 1. The molecule has 4 N–H and O–H groups in total. The molecule has 1 aromatic rings. The van der Waals surface area contributed by atoms with Gasteiger partial charge in [0.2, 0.25) is 0 Å². The van der Waals surface area contributed by atoms with Crippen LogP contribution in [0.3, 0.4) is 0 Å². The topological polar surface area (TPSA) is 110 Å². The van der Waals surface area contributed by atoms with Crippen molar-refractivity contribution < 1.29 is 33.2 Å². The Morgan fingerprint density at radius 2 is 1.69 bits per heavy atom. The first-order chi connectivity index (χ1) is 12.5. The first kappa shape index (κ1) is 23.2. The number of nitrogens with one attached hydrogen (secondary N) is 1. The fraction of sp³-hybridized carbons (Fsp3) is 0.625. The molecule has 0 fully saturated rings. The quantitative estimate of drug-likeness (QED) is 0.240. The van der Waals surface area contributed by atoms with Gasteiger partial charge in [0.25, 0.3) is 0 Å². The molecule has 0 bridgehead atoms. The van der Waals surface area contributed by atoms with Gasteiger partial charge in [-0.25, -0.2) is 0 Å². The molecule has 148 valence electrons. The van der Waals surface area contributed by atoms with E-state index in [0.29, 0.717) is 31.2 Å². The fourth-order valence-electron chi connectivity index (χ4n) is 2.42. The highest BCUT2D eigenvalue weighted by atomic mass is 28.4. The normalized spacial score (nSPS) is 13.0. The molecule has 0 saturated carbocycles. The second-order valence-corrected chi connectivity index (χ2v) is 8.96. The molecule has 1 rings (SSSR count). The molecule has 1 atom stereocenters. The number of aliphatic hydroxyl groups excluding tert-OH is 1. The average molecular weight is 387 g/mol. The molecule has 0 spiro atoms. The van der Waals surface area contributed by atoms with Crippen LogP contribution in [0.25, 0.3) is 0 Å². The van der Waals surface area contributed by atoms with Crippen molar-refractivity contribution in [2.45, 2.75) is 25.1 Å². The van der Waals surface area contributed by atoms with Crippen molar-refractivity contribution in [3.05, 3.63) is 29.8 Å². The zero-order chi connectivity index (χ0) is 19.4. The molecule has 0 saturated heterocycles. The molecule has 0 radical (unpaired) electrons. The Labute approximate surface area is 156 Å². The van der Waals surface area contributed by atoms with Crippen LogP contribution in [-0.2, 0) is 24.6 Å². The van der Waals surface area contributed by atoms with E-state index in [1.165, 1.54) is 0 Å². The number of hydrogen-bond donors (Lipinski definition) is 4. The van der Waals surface area contributed by atoms with Crippen LogP contribution in [0.15, 0.2) is 24.3 Å². The maximum Gasteiger partial charge on any atom is 0.500 e. The molecule has 0 aromatic heterocycles. The van der Waals surface area contributed by atoms with Crippen molar-refractivity contribution in [1.82, 2.24) is 5.32 Å². The van der Waals surface area contributed by atoms with E-state index >= 15 is 0 Å². The molecule has 0 heterocycles. The lowest BCUT2D eigenvalue weighted by atomic mass is 9.80. The highest BCUT2D eigenvalue weighted by Gasteiger charge is 2.36. The van der Waals surface area contributed by atoms with Crippen molar-refractivity contribution in [2.75, 3.05) is 41.1 Å². The molecule has 0 aliphatic carbocycles. The van der Waals surface area contributed by atoms with Gasteiger partial charge in [-0.1, -0.05) is 24.3 Å². The Morgan fingerprint density at radius 1 is 1.08 bits per heavy atom. The van der Waals surface area contributed by atoms with Crippen LogP contribution in [-0.4, -0.2) is 78.3 Å². The summed E-state index contributed by atoms with van der Waals surface area (Å²) in [5.74, 6) is 0. The van der Waals surface area contributed by atoms with Gasteiger partial charge in [0.15, 0.2) is 0 Å². The van der Waals surface area contributed by atoms with E-state index in [4.69, 9.17) is 28.1 Å². The van der Waals surface area contributed by atoms with E-state index in [-0.39, 0.29) is 6.61 Å². The van der Waals surface area contributed by atoms with Gasteiger partial charge in [-0.3, -0.25) is 0 Å². The molecule has 10 heteroatoms. The minimum atomic E-state index is -2.55. The van der Waals surface area contributed by atoms with Crippen molar-refractivity contribution in [1.29, 1.82) is 0 Å². The molecule has 0 amide bonds. The summed E-state index contributed by atoms with van der Waals surface area (Å²) in [6, 6.07) is 7.59. The van der Waals surface area contributed by atoms with E-state index < -0.39 is 22.0 Å². The Kier molecular flexibility index (Phi) is 11.2. The van der Waals surface area contributed by atoms with Crippen molar-refractivity contribution >= 4 is 21.4 Å². The van der Waals surface area contributed by atoms with Gasteiger partial charge in [0, 0.05) is 47.1 Å². The third kappa shape index (κ3) is 8.25. The van der Waals surface area contributed by atoms with E-state index in [1.807, 2.05) is 12.1 Å². The van der Waals surface area contributed by atoms with E-state index in [2.05, 4.69) is 5.32 Å². The number of hydrogen-bond acceptors (Lipinski definition) is 8. The SMILES string of the molecule is CO[Si](CCCOCC(O)CNCc1ccc(B(O)O)cc1)(OC)OC. The second-order valence-electron chi connectivity index (χ2n) is 5.87. The monoisotopic (exact) mass is 387 g/mol. The third-order valence-corrected chi connectivity index (χ3v) is 6.83. The van der Waals surface area contributed by atoms with Crippen LogP contribution >= 0.6 is 0 Å². The standard InChI is InChI=1S/C16H30BNO7Si/c1-22-26(23-2,24-3)10-4-9-25-13-16(19)12-18-11-14-5-7-15(8-6-14)17(20)21/h5-8,16,18-21H,4,9-13H2,1-3H3. The molecule has 0 aliphatic heterocycles. The molecule has 8 nitrogen and oxygen atoms in total. The fourth-order valence-corrected chi connectivity index (χ4v) is 4.11. The van der Waals surface area contributed by atoms with Crippen molar-refractivity contribution in [3.8, 4) is 0 Å². The van der Waals surface area contributed by atoms with Crippen LogP contribution in [0.2, 0.25) is 6.04 Å². The minimum Gasteiger partial charge on any atom is -0.423 e. The first-order valence-corrected chi connectivity index (χ1v) is 10.5. The van der Waals surface area contributed by atoms with Gasteiger partial charge in [-0.2, -0.15) is 0 Å². The highest BCUT2D eigenvalue weighted by molar-refractivity contribution is 6.60. The Morgan fingerprint density at radius 3 is 2.23 bits per heavy atom. The predicted molar refractivity (Wildman–Crippen MR) is 101 cm³/mol. The lowest BCUT2D eigenvalue weighted by molar-refractivity contribution is 0.0351. The largest absolute Gasteiger partial charge is 0.500 e. The van der Waals surface area contributed by atoms with Crippen LogP contribution < -0.4 is 10.8 Å². The van der Waals surface area contributed by atoms with Gasteiger partial charge in [0.05, 0.1) is 12.7 Å². The first-order valence-electron chi connectivity index (χ1n) is 8.53. The van der Waals surface area contributed by atoms with Gasteiger partial charge < -0.3 is 38.5 Å². The zero-order valence-electron chi connectivity index (χ0n) is 15.7. The van der Waals surface area contributed by atoms with Gasteiger partial charge in [-0.05, 0) is 17.4 Å². The highest BCUT2D eigenvalue weighted by Crippen LogP contribution is 2.14. The minimum absolute atomic E-state index is 0.240. The lowest BCUT2D eigenvalue weighted by Gasteiger charge is -2.24. The molecule has 1 unspecified atom stereocenters. The lowest BCUT2D eigenvalue weighted by Crippen LogP contribution is -2.42. The maximum absolute atomic E-state index is 9.92. The molecule has 1 aromatic carbocycles. The summed E-state index contributed by atoms with van der Waals surface area (Å²) in [7, 11) is 0.727. The average Bonchev–Trinajstić information content (AvgIpc) is 2.65. The summed E-state index contributed by atoms with van der Waals surface area (Å²) in [5.41, 5.74) is 1.44. The summed E-state index contributed by atoms with van der Waals surface area (Å²) < 4.78 is 21.5. The summed E-state index contributed by atoms with van der Waals surface area (Å²) in [6.45, 7) is 1.71. The molecule has 0 aliphatic rings. The maximum atomic E-state index is 9.92. The Hall–Kier alpha value is -0.818. The van der Waals surface area contributed by atoms with Gasteiger partial charge >= 0.3 is 15.9 Å². The summed E-state index contributed by atoms with van der Waals surface area (Å²) in [4.78, 5) is 0. The van der Waals surface area contributed by atoms with Crippen molar-refractivity contribution in [2.24, 2.45) is 0 Å². The molecule has 26 heavy (non-hydrogen) atoms. The Balaban J connectivity index is 2.14. The smallest absolute Gasteiger partial charge is 0.423 e. The van der Waals surface area contributed by atoms with Crippen LogP contribution in [0, 0.1) is 0 Å². The predicted octanol–water partition coefficient (Wildman–Crippen LogP) is -0.898. The van der Waals surface area contributed by atoms with E-state index in [9.17, 15) is 5.11 Å². The van der Waals surface area contributed by atoms with E-state index in [1.54, 1.807) is 33.5 Å². The summed E-state index contributed by atoms with van der Waals surface area (Å²) in [6.07, 6.45) is 0.119. The van der Waals surface area contributed by atoms with Crippen molar-refractivity contribution in [3.63, 3.8) is 0 Å². The number of rotatable bonds is 14. The second kappa shape index (κ2) is 12.5. The zero-order valence-corrected chi connectivity index (χ0v) is 16.7. The summed E-state index contributed by atoms with van der Waals surface area (Å²) >= 11 is 0. The van der Waals surface area contributed by atoms with Gasteiger partial charge in [-0.15, -0.1) is 0 Å². The van der Waals surface area contributed by atoms with E-state index in [0.717, 1.165) is 12.0 Å². The Bertz CT molecular complexity index is 480. The van der Waals surface area contributed by atoms with Crippen LogP contribution in [0.1, 0.15) is 12.0 Å². The van der Waals surface area contributed by atoms with Crippen LogP contribution in [0.4, 0.5) is 0 Å². The third-order valence-electron chi connectivity index (χ3n) is 4.00. The number of benzene rings is 1. The van der Waals surface area contributed by atoms with Crippen LogP contribution in [0.5, 0.6) is 0 Å². The summed E-state index contributed by atoms with van der Waals surface area (Å²) in [5, 5.41) is 31.1.